The molecule has 1 aromatic heterocycles. The number of ether oxygens (including phenoxy) is 1. The average molecular weight is 348 g/mol. The van der Waals surface area contributed by atoms with Crippen molar-refractivity contribution in [3.05, 3.63) is 53.3 Å². The Bertz CT molecular complexity index is 1000. The van der Waals surface area contributed by atoms with Gasteiger partial charge in [0.1, 0.15) is 5.75 Å². The van der Waals surface area contributed by atoms with Crippen molar-refractivity contribution < 1.29 is 13.2 Å². The fourth-order valence-electron chi connectivity index (χ4n) is 2.30. The minimum absolute atomic E-state index is 0.192. The number of sulfonamides is 1. The van der Waals surface area contributed by atoms with Crippen molar-refractivity contribution in [3.63, 3.8) is 0 Å². The van der Waals surface area contributed by atoms with Crippen molar-refractivity contribution in [1.29, 1.82) is 0 Å². The fourth-order valence-corrected chi connectivity index (χ4v) is 4.65. The first-order chi connectivity index (χ1) is 11.0. The van der Waals surface area contributed by atoms with Crippen LogP contribution in [0.1, 0.15) is 6.92 Å². The Morgan fingerprint density at radius 2 is 1.91 bits per heavy atom. The molecule has 5 nitrogen and oxygen atoms in total. The SMILES string of the molecule is CCn1c(=NS(=O)(=O)c2ccccc2)sc2cc(OC)ccc21. The molecule has 0 amide bonds. The number of benzene rings is 2. The number of methoxy groups -OCH3 is 1. The molecule has 0 bridgehead atoms. The van der Waals surface area contributed by atoms with E-state index >= 15 is 0 Å². The molecule has 0 fully saturated rings. The molecule has 0 spiro atoms. The number of fused-ring (bicyclic) bond motifs is 1. The molecule has 0 N–H and O–H groups in total. The summed E-state index contributed by atoms with van der Waals surface area (Å²) in [5.41, 5.74) is 0.945. The third-order valence-corrected chi connectivity index (χ3v) is 5.88. The van der Waals surface area contributed by atoms with E-state index < -0.39 is 10.0 Å². The monoisotopic (exact) mass is 348 g/mol. The van der Waals surface area contributed by atoms with Gasteiger partial charge in [0.15, 0.2) is 0 Å². The molecule has 2 aromatic carbocycles. The number of nitrogens with zero attached hydrogens (tertiary/aromatic N) is 2. The van der Waals surface area contributed by atoms with E-state index in [0.29, 0.717) is 11.3 Å². The molecule has 0 saturated carbocycles. The summed E-state index contributed by atoms with van der Waals surface area (Å²) in [5.74, 6) is 0.736. The van der Waals surface area contributed by atoms with Crippen molar-refractivity contribution in [1.82, 2.24) is 4.57 Å². The van der Waals surface area contributed by atoms with E-state index in [0.717, 1.165) is 16.0 Å². The number of thiazole rings is 1. The summed E-state index contributed by atoms with van der Waals surface area (Å²) in [7, 11) is -2.12. The molecule has 23 heavy (non-hydrogen) atoms. The molecule has 0 unspecified atom stereocenters. The van der Waals surface area contributed by atoms with Gasteiger partial charge in [0.2, 0.25) is 4.80 Å². The van der Waals surface area contributed by atoms with Gasteiger partial charge >= 0.3 is 0 Å². The first-order valence-electron chi connectivity index (χ1n) is 7.08. The molecule has 120 valence electrons. The first-order valence-corrected chi connectivity index (χ1v) is 9.34. The van der Waals surface area contributed by atoms with E-state index in [1.807, 2.05) is 29.7 Å². The quantitative estimate of drug-likeness (QED) is 0.728. The van der Waals surface area contributed by atoms with E-state index in [9.17, 15) is 8.42 Å². The van der Waals surface area contributed by atoms with Crippen LogP contribution in [-0.4, -0.2) is 20.1 Å². The molecular formula is C16H16N2O3S2. The van der Waals surface area contributed by atoms with Crippen LogP contribution in [0.25, 0.3) is 10.2 Å². The van der Waals surface area contributed by atoms with Gasteiger partial charge in [0.25, 0.3) is 10.0 Å². The summed E-state index contributed by atoms with van der Waals surface area (Å²) in [5, 5.41) is 0. The number of hydrogen-bond donors (Lipinski definition) is 0. The summed E-state index contributed by atoms with van der Waals surface area (Å²) in [6.45, 7) is 2.60. The Hall–Kier alpha value is -2.12. The molecule has 0 aliphatic rings. The van der Waals surface area contributed by atoms with Crippen LogP contribution in [0.15, 0.2) is 57.8 Å². The van der Waals surface area contributed by atoms with E-state index in [1.165, 1.54) is 11.3 Å². The van der Waals surface area contributed by atoms with Crippen LogP contribution < -0.4 is 9.54 Å². The number of hydrogen-bond acceptors (Lipinski definition) is 4. The number of rotatable bonds is 4. The summed E-state index contributed by atoms with van der Waals surface area (Å²) >= 11 is 1.34. The maximum Gasteiger partial charge on any atom is 0.285 e. The summed E-state index contributed by atoms with van der Waals surface area (Å²) < 4.78 is 37.0. The van der Waals surface area contributed by atoms with Gasteiger partial charge in [-0.1, -0.05) is 29.5 Å². The zero-order chi connectivity index (χ0) is 16.4. The fraction of sp³-hybridized carbons (Fsp3) is 0.188. The van der Waals surface area contributed by atoms with Crippen LogP contribution >= 0.6 is 11.3 Å². The van der Waals surface area contributed by atoms with Gasteiger partial charge in [-0.25, -0.2) is 0 Å². The molecule has 7 heteroatoms. The van der Waals surface area contributed by atoms with Gasteiger partial charge in [-0.3, -0.25) is 0 Å². The third-order valence-electron chi connectivity index (χ3n) is 3.45. The maximum absolute atomic E-state index is 12.5. The molecule has 1 heterocycles. The highest BCUT2D eigenvalue weighted by atomic mass is 32.2. The smallest absolute Gasteiger partial charge is 0.285 e. The van der Waals surface area contributed by atoms with Crippen molar-refractivity contribution in [2.24, 2.45) is 4.40 Å². The minimum atomic E-state index is -3.73. The van der Waals surface area contributed by atoms with Crippen LogP contribution in [0.2, 0.25) is 0 Å². The van der Waals surface area contributed by atoms with Gasteiger partial charge < -0.3 is 9.30 Å². The van der Waals surface area contributed by atoms with Gasteiger partial charge in [-0.05, 0) is 37.3 Å². The topological polar surface area (TPSA) is 60.7 Å². The normalized spacial score (nSPS) is 12.7. The Balaban J connectivity index is 2.23. The number of aromatic nitrogens is 1. The Labute approximate surface area is 138 Å². The van der Waals surface area contributed by atoms with Crippen LogP contribution in [-0.2, 0) is 16.6 Å². The standard InChI is InChI=1S/C16H16N2O3S2/c1-3-18-14-10-9-12(21-2)11-15(14)22-16(18)17-23(19,20)13-7-5-4-6-8-13/h4-11H,3H2,1-2H3. The molecule has 0 radical (unpaired) electrons. The predicted molar refractivity (Wildman–Crippen MR) is 91.2 cm³/mol. The highest BCUT2D eigenvalue weighted by molar-refractivity contribution is 7.90. The van der Waals surface area contributed by atoms with E-state index in [2.05, 4.69) is 4.40 Å². The zero-order valence-electron chi connectivity index (χ0n) is 12.8. The van der Waals surface area contributed by atoms with Crippen LogP contribution in [0.5, 0.6) is 5.75 Å². The second-order valence-electron chi connectivity index (χ2n) is 4.84. The summed E-state index contributed by atoms with van der Waals surface area (Å²) in [6, 6.07) is 13.9. The van der Waals surface area contributed by atoms with Crippen molar-refractivity contribution >= 4 is 31.6 Å². The Morgan fingerprint density at radius 3 is 2.57 bits per heavy atom. The second kappa shape index (κ2) is 6.17. The first kappa shape index (κ1) is 15.8. The molecule has 0 aliphatic heterocycles. The maximum atomic E-state index is 12.5. The largest absolute Gasteiger partial charge is 0.497 e. The van der Waals surface area contributed by atoms with Gasteiger partial charge in [-0.2, -0.15) is 8.42 Å². The van der Waals surface area contributed by atoms with Crippen LogP contribution in [0.3, 0.4) is 0 Å². The predicted octanol–water partition coefficient (Wildman–Crippen LogP) is 3.02. The molecule has 0 saturated heterocycles. The van der Waals surface area contributed by atoms with Crippen LogP contribution in [0.4, 0.5) is 0 Å². The highest BCUT2D eigenvalue weighted by Crippen LogP contribution is 2.23. The summed E-state index contributed by atoms with van der Waals surface area (Å²) in [4.78, 5) is 0.650. The van der Waals surface area contributed by atoms with Gasteiger partial charge in [0, 0.05) is 6.54 Å². The third kappa shape index (κ3) is 3.02. The van der Waals surface area contributed by atoms with E-state index in [1.54, 1.807) is 37.4 Å². The van der Waals surface area contributed by atoms with Crippen molar-refractivity contribution in [2.45, 2.75) is 18.4 Å². The molecule has 0 aliphatic carbocycles. The molecular weight excluding hydrogens is 332 g/mol. The highest BCUT2D eigenvalue weighted by Gasteiger charge is 2.14. The lowest BCUT2D eigenvalue weighted by Gasteiger charge is -2.02. The van der Waals surface area contributed by atoms with E-state index in [4.69, 9.17) is 4.74 Å². The Morgan fingerprint density at radius 1 is 1.17 bits per heavy atom. The molecule has 3 rings (SSSR count). The lowest BCUT2D eigenvalue weighted by molar-refractivity contribution is 0.415. The number of aryl methyl sites for hydroxylation is 1. The summed E-state index contributed by atoms with van der Waals surface area (Å²) in [6.07, 6.45) is 0. The van der Waals surface area contributed by atoms with E-state index in [-0.39, 0.29) is 4.90 Å². The molecule has 0 atom stereocenters. The molecule has 3 aromatic rings. The Kier molecular flexibility index (Phi) is 4.23. The lowest BCUT2D eigenvalue weighted by atomic mass is 10.3. The minimum Gasteiger partial charge on any atom is -0.497 e. The lowest BCUT2D eigenvalue weighted by Crippen LogP contribution is -2.16. The zero-order valence-corrected chi connectivity index (χ0v) is 14.4. The van der Waals surface area contributed by atoms with Crippen molar-refractivity contribution in [2.75, 3.05) is 7.11 Å². The van der Waals surface area contributed by atoms with Gasteiger partial charge in [-0.15, -0.1) is 4.40 Å². The second-order valence-corrected chi connectivity index (χ2v) is 7.46. The van der Waals surface area contributed by atoms with Crippen molar-refractivity contribution in [3.8, 4) is 5.75 Å². The van der Waals surface area contributed by atoms with Crippen LogP contribution in [0, 0.1) is 0 Å². The average Bonchev–Trinajstić information content (AvgIpc) is 2.90. The van der Waals surface area contributed by atoms with Gasteiger partial charge in [0.05, 0.1) is 22.2 Å².